The van der Waals surface area contributed by atoms with E-state index in [-0.39, 0.29) is 5.92 Å². The molecule has 23 heavy (non-hydrogen) atoms. The molecule has 2 aliphatic rings. The van der Waals surface area contributed by atoms with Crippen LogP contribution in [0, 0.1) is 0 Å². The van der Waals surface area contributed by atoms with E-state index >= 15 is 0 Å². The summed E-state index contributed by atoms with van der Waals surface area (Å²) in [5.74, 6) is 1.49. The van der Waals surface area contributed by atoms with E-state index < -0.39 is 11.9 Å². The molecule has 2 fully saturated rings. The maximum atomic E-state index is 12.7. The minimum Gasteiger partial charge on any atom is -0.346 e. The molecule has 3 heterocycles. The highest BCUT2D eigenvalue weighted by Crippen LogP contribution is 2.41. The van der Waals surface area contributed by atoms with Gasteiger partial charge in [0.1, 0.15) is 5.82 Å². The van der Waals surface area contributed by atoms with E-state index in [2.05, 4.69) is 19.2 Å². The summed E-state index contributed by atoms with van der Waals surface area (Å²) in [5, 5.41) is 2.59. The smallest absolute Gasteiger partial charge is 0.346 e. The van der Waals surface area contributed by atoms with Crippen molar-refractivity contribution in [1.29, 1.82) is 0 Å². The van der Waals surface area contributed by atoms with Gasteiger partial charge in [-0.3, -0.25) is 0 Å². The Morgan fingerprint density at radius 3 is 2.65 bits per heavy atom. The molecule has 4 rings (SSSR count). The third-order valence-electron chi connectivity index (χ3n) is 4.23. The van der Waals surface area contributed by atoms with Crippen LogP contribution in [0.4, 0.5) is 18.3 Å². The molecule has 1 saturated heterocycles. The van der Waals surface area contributed by atoms with E-state index in [1.165, 1.54) is 11.5 Å². The van der Waals surface area contributed by atoms with E-state index in [4.69, 9.17) is 0 Å². The maximum Gasteiger partial charge on any atom is 0.434 e. The van der Waals surface area contributed by atoms with Gasteiger partial charge >= 0.3 is 6.18 Å². The molecule has 124 valence electrons. The van der Waals surface area contributed by atoms with Gasteiger partial charge < -0.3 is 4.90 Å². The van der Waals surface area contributed by atoms with Gasteiger partial charge in [0.05, 0.1) is 5.01 Å². The van der Waals surface area contributed by atoms with E-state index in [1.807, 2.05) is 0 Å². The fraction of sp³-hybridized carbons (Fsp3) is 0.643. The molecule has 1 aliphatic carbocycles. The highest BCUT2D eigenvalue weighted by atomic mass is 32.1. The zero-order chi connectivity index (χ0) is 16.0. The molecular formula is C14H15F3N4S2. The first-order valence-corrected chi connectivity index (χ1v) is 9.27. The minimum absolute atomic E-state index is 0.0399. The van der Waals surface area contributed by atoms with Gasteiger partial charge in [-0.2, -0.15) is 17.5 Å². The molecule has 1 unspecified atom stereocenters. The molecule has 4 nitrogen and oxygen atoms in total. The van der Waals surface area contributed by atoms with Crippen molar-refractivity contribution in [2.24, 2.45) is 0 Å². The zero-order valence-electron chi connectivity index (χ0n) is 12.2. The fourth-order valence-corrected chi connectivity index (χ4v) is 4.56. The maximum absolute atomic E-state index is 12.7. The first-order valence-electron chi connectivity index (χ1n) is 7.62. The molecule has 2 aromatic heterocycles. The summed E-state index contributed by atoms with van der Waals surface area (Å²) in [7, 11) is 0. The van der Waals surface area contributed by atoms with Crippen LogP contribution in [0.25, 0.3) is 0 Å². The lowest BCUT2D eigenvalue weighted by Crippen LogP contribution is -2.34. The minimum atomic E-state index is -4.36. The Bertz CT molecular complexity index is 692. The van der Waals surface area contributed by atoms with Gasteiger partial charge in [0, 0.05) is 41.8 Å². The molecule has 0 spiro atoms. The van der Waals surface area contributed by atoms with Crippen LogP contribution < -0.4 is 4.90 Å². The van der Waals surface area contributed by atoms with E-state index in [0.29, 0.717) is 17.5 Å². The quantitative estimate of drug-likeness (QED) is 0.820. The molecule has 0 aromatic carbocycles. The third kappa shape index (κ3) is 3.21. The second-order valence-electron chi connectivity index (χ2n) is 6.06. The number of hydrogen-bond donors (Lipinski definition) is 0. The zero-order valence-corrected chi connectivity index (χ0v) is 13.8. The number of aromatic nitrogens is 3. The van der Waals surface area contributed by atoms with E-state index in [0.717, 1.165) is 59.9 Å². The first kappa shape index (κ1) is 15.3. The second-order valence-corrected chi connectivity index (χ2v) is 7.68. The standard InChI is InChI=1S/C14H15F3N4S2/c15-14(16,17)10-7-22-12(18-10)9-2-1-5-21(6-9)13-19-11(20-23-13)8-3-4-8/h7-9H,1-6H2. The van der Waals surface area contributed by atoms with Crippen molar-refractivity contribution in [3.63, 3.8) is 0 Å². The molecule has 0 amide bonds. The topological polar surface area (TPSA) is 41.9 Å². The average Bonchev–Trinajstić information content (AvgIpc) is 3.05. The molecule has 0 radical (unpaired) electrons. The predicted molar refractivity (Wildman–Crippen MR) is 83.2 cm³/mol. The second kappa shape index (κ2) is 5.70. The Kier molecular flexibility index (Phi) is 3.79. The van der Waals surface area contributed by atoms with Crippen LogP contribution in [-0.4, -0.2) is 27.4 Å². The van der Waals surface area contributed by atoms with Crippen LogP contribution in [0.15, 0.2) is 5.38 Å². The Balaban J connectivity index is 1.48. The van der Waals surface area contributed by atoms with Gasteiger partial charge in [-0.25, -0.2) is 9.97 Å². The normalized spacial score (nSPS) is 22.6. The van der Waals surface area contributed by atoms with Crippen molar-refractivity contribution >= 4 is 28.0 Å². The molecule has 1 aliphatic heterocycles. The van der Waals surface area contributed by atoms with Crippen molar-refractivity contribution in [2.75, 3.05) is 18.0 Å². The van der Waals surface area contributed by atoms with Gasteiger partial charge in [-0.1, -0.05) is 0 Å². The molecular weight excluding hydrogens is 345 g/mol. The predicted octanol–water partition coefficient (Wildman–Crippen LogP) is 4.27. The van der Waals surface area contributed by atoms with Crippen LogP contribution in [0.2, 0.25) is 0 Å². The summed E-state index contributed by atoms with van der Waals surface area (Å²) in [6, 6.07) is 0. The van der Waals surface area contributed by atoms with Crippen LogP contribution in [0.1, 0.15) is 54.0 Å². The van der Waals surface area contributed by atoms with Gasteiger partial charge in [0.2, 0.25) is 5.13 Å². The lowest BCUT2D eigenvalue weighted by atomic mass is 9.99. The molecule has 0 bridgehead atoms. The Morgan fingerprint density at radius 2 is 1.96 bits per heavy atom. The van der Waals surface area contributed by atoms with Gasteiger partial charge in [-0.15, -0.1) is 11.3 Å². The van der Waals surface area contributed by atoms with Crippen molar-refractivity contribution in [1.82, 2.24) is 14.3 Å². The first-order chi connectivity index (χ1) is 11.0. The largest absolute Gasteiger partial charge is 0.434 e. The number of anilines is 1. The molecule has 1 saturated carbocycles. The van der Waals surface area contributed by atoms with Crippen LogP contribution >= 0.6 is 22.9 Å². The third-order valence-corrected chi connectivity index (χ3v) is 6.03. The Morgan fingerprint density at radius 1 is 1.13 bits per heavy atom. The summed E-state index contributed by atoms with van der Waals surface area (Å²) in [5.41, 5.74) is -0.776. The highest BCUT2D eigenvalue weighted by Gasteiger charge is 2.35. The van der Waals surface area contributed by atoms with E-state index in [1.54, 1.807) is 0 Å². The Labute approximate surface area is 139 Å². The van der Waals surface area contributed by atoms with Crippen molar-refractivity contribution in [3.05, 3.63) is 21.9 Å². The molecule has 0 N–H and O–H groups in total. The lowest BCUT2D eigenvalue weighted by Gasteiger charge is -2.31. The monoisotopic (exact) mass is 360 g/mol. The molecule has 9 heteroatoms. The molecule has 2 aromatic rings. The van der Waals surface area contributed by atoms with Crippen molar-refractivity contribution < 1.29 is 13.2 Å². The van der Waals surface area contributed by atoms with Gasteiger partial charge in [0.25, 0.3) is 0 Å². The summed E-state index contributed by atoms with van der Waals surface area (Å²) in [4.78, 5) is 10.6. The fourth-order valence-electron chi connectivity index (χ4n) is 2.82. The summed E-state index contributed by atoms with van der Waals surface area (Å²) in [6.45, 7) is 1.55. The number of hydrogen-bond acceptors (Lipinski definition) is 6. The number of rotatable bonds is 3. The summed E-state index contributed by atoms with van der Waals surface area (Å²) < 4.78 is 42.5. The van der Waals surface area contributed by atoms with Crippen LogP contribution in [0.5, 0.6) is 0 Å². The number of thiazole rings is 1. The SMILES string of the molecule is FC(F)(F)c1csc(C2CCCN(c3nc(C4CC4)ns3)C2)n1. The number of nitrogens with zero attached hydrogens (tertiary/aromatic N) is 4. The molecule has 1 atom stereocenters. The summed E-state index contributed by atoms with van der Waals surface area (Å²) in [6.07, 6.45) is -0.225. The Hall–Kier alpha value is -1.22. The van der Waals surface area contributed by atoms with Crippen molar-refractivity contribution in [2.45, 2.75) is 43.7 Å². The lowest BCUT2D eigenvalue weighted by molar-refractivity contribution is -0.140. The van der Waals surface area contributed by atoms with Crippen molar-refractivity contribution in [3.8, 4) is 0 Å². The number of piperidine rings is 1. The van der Waals surface area contributed by atoms with E-state index in [9.17, 15) is 13.2 Å². The highest BCUT2D eigenvalue weighted by molar-refractivity contribution is 7.10. The number of alkyl halides is 3. The van der Waals surface area contributed by atoms with Gasteiger partial charge in [0.15, 0.2) is 5.69 Å². The van der Waals surface area contributed by atoms with Crippen LogP contribution in [0.3, 0.4) is 0 Å². The van der Waals surface area contributed by atoms with Crippen LogP contribution in [-0.2, 0) is 6.18 Å². The summed E-state index contributed by atoms with van der Waals surface area (Å²) >= 11 is 2.51. The number of halogens is 3. The van der Waals surface area contributed by atoms with Gasteiger partial charge in [-0.05, 0) is 25.7 Å². The average molecular weight is 360 g/mol.